The first-order chi connectivity index (χ1) is 9.97. The molecule has 21 heavy (non-hydrogen) atoms. The fraction of sp³-hybridized carbons (Fsp3) is 0.700. The molecule has 118 valence electrons. The van der Waals surface area contributed by atoms with E-state index < -0.39 is 10.0 Å². The lowest BCUT2D eigenvalue weighted by molar-refractivity contribution is -0.114. The molecule has 0 bridgehead atoms. The molecular weight excluding hydrogens is 318 g/mol. The van der Waals surface area contributed by atoms with Crippen LogP contribution in [-0.2, 0) is 19.7 Å². The third-order valence-corrected chi connectivity index (χ3v) is 5.22. The summed E-state index contributed by atoms with van der Waals surface area (Å²) in [7, 11) is -3.87. The minimum absolute atomic E-state index is 0.125. The molecule has 1 aliphatic rings. The van der Waals surface area contributed by atoms with E-state index in [9.17, 15) is 13.2 Å². The number of rotatable bonds is 7. The molecule has 1 aliphatic heterocycles. The second-order valence-electron chi connectivity index (χ2n) is 4.54. The van der Waals surface area contributed by atoms with Gasteiger partial charge in [0.25, 0.3) is 14.4 Å². The summed E-state index contributed by atoms with van der Waals surface area (Å²) in [5, 5.41) is 9.57. The maximum absolute atomic E-state index is 11.9. The van der Waals surface area contributed by atoms with Gasteiger partial charge >= 0.3 is 0 Å². The average Bonchev–Trinajstić information content (AvgIpc) is 3.05. The molecule has 11 heteroatoms. The Hall–Kier alpha value is -1.14. The number of carbonyl (C=O) groups is 1. The first kappa shape index (κ1) is 16.2. The van der Waals surface area contributed by atoms with Gasteiger partial charge in [0.2, 0.25) is 11.0 Å². The summed E-state index contributed by atoms with van der Waals surface area (Å²) in [4.78, 5) is 20.0. The molecule has 2 N–H and O–H groups in total. The van der Waals surface area contributed by atoms with Gasteiger partial charge in [-0.1, -0.05) is 16.2 Å². The zero-order valence-corrected chi connectivity index (χ0v) is 13.2. The Kier molecular flexibility index (Phi) is 5.58. The fourth-order valence-electron chi connectivity index (χ4n) is 1.86. The third-order valence-electron chi connectivity index (χ3n) is 2.80. The lowest BCUT2D eigenvalue weighted by atomic mass is 10.4. The first-order valence-corrected chi connectivity index (χ1v) is 8.74. The van der Waals surface area contributed by atoms with E-state index in [0.717, 1.165) is 24.4 Å². The molecular formula is C10H17N5O4S2. The molecule has 1 amide bonds. The van der Waals surface area contributed by atoms with Crippen molar-refractivity contribution in [3.8, 4) is 0 Å². The molecule has 1 saturated heterocycles. The first-order valence-electron chi connectivity index (χ1n) is 6.44. The summed E-state index contributed by atoms with van der Waals surface area (Å²) in [6.07, 6.45) is 2.34. The summed E-state index contributed by atoms with van der Waals surface area (Å²) >= 11 is 0.756. The number of amides is 1. The number of sulfonamides is 1. The second-order valence-corrected chi connectivity index (χ2v) is 7.33. The standard InChI is InChI=1S/C10H17N5O4S2/c1-8(16)11-9-12-13-10(20-9)21(17,18)14-19-7-6-15-4-2-3-5-15/h14H,2-7H2,1H3,(H,11,12,16). The summed E-state index contributed by atoms with van der Waals surface area (Å²) in [6.45, 7) is 4.28. The van der Waals surface area contributed by atoms with Crippen molar-refractivity contribution in [2.75, 3.05) is 31.6 Å². The summed E-state index contributed by atoms with van der Waals surface area (Å²) in [5.41, 5.74) is 0. The van der Waals surface area contributed by atoms with Gasteiger partial charge in [-0.3, -0.25) is 9.63 Å². The zero-order valence-electron chi connectivity index (χ0n) is 11.5. The summed E-state index contributed by atoms with van der Waals surface area (Å²) < 4.78 is 23.5. The molecule has 0 aliphatic carbocycles. The van der Waals surface area contributed by atoms with Gasteiger partial charge in [-0.25, -0.2) is 8.42 Å². The van der Waals surface area contributed by atoms with E-state index in [1.165, 1.54) is 19.8 Å². The molecule has 0 unspecified atom stereocenters. The molecule has 9 nitrogen and oxygen atoms in total. The zero-order chi connectivity index (χ0) is 15.3. The number of nitrogens with zero attached hydrogens (tertiary/aromatic N) is 3. The molecule has 0 aromatic carbocycles. The van der Waals surface area contributed by atoms with Crippen LogP contribution in [0.25, 0.3) is 0 Å². The van der Waals surface area contributed by atoms with E-state index in [0.29, 0.717) is 6.54 Å². The molecule has 0 spiro atoms. The number of likely N-dealkylation sites (tertiary alicyclic amines) is 1. The Morgan fingerprint density at radius 2 is 2.10 bits per heavy atom. The Bertz CT molecular complexity index is 582. The molecule has 1 aromatic heterocycles. The van der Waals surface area contributed by atoms with Crippen molar-refractivity contribution in [1.29, 1.82) is 0 Å². The number of carbonyl (C=O) groups excluding carboxylic acids is 1. The number of hydrogen-bond acceptors (Lipinski definition) is 8. The third kappa shape index (κ3) is 4.97. The number of hydrogen-bond donors (Lipinski definition) is 2. The fourth-order valence-corrected chi connectivity index (χ4v) is 3.61. The Morgan fingerprint density at radius 3 is 2.76 bits per heavy atom. The Labute approximate surface area is 126 Å². The molecule has 1 aromatic rings. The van der Waals surface area contributed by atoms with E-state index in [4.69, 9.17) is 4.84 Å². The minimum Gasteiger partial charge on any atom is -0.301 e. The van der Waals surface area contributed by atoms with Crippen LogP contribution in [0.1, 0.15) is 19.8 Å². The monoisotopic (exact) mass is 335 g/mol. The van der Waals surface area contributed by atoms with Crippen molar-refractivity contribution < 1.29 is 18.0 Å². The van der Waals surface area contributed by atoms with Gasteiger partial charge in [-0.2, -0.15) is 0 Å². The predicted molar refractivity (Wildman–Crippen MR) is 76.2 cm³/mol. The van der Waals surface area contributed by atoms with Crippen LogP contribution >= 0.6 is 11.3 Å². The van der Waals surface area contributed by atoms with Crippen LogP contribution in [0.3, 0.4) is 0 Å². The minimum atomic E-state index is -3.87. The number of anilines is 1. The average molecular weight is 335 g/mol. The maximum atomic E-state index is 11.9. The van der Waals surface area contributed by atoms with Crippen molar-refractivity contribution in [2.45, 2.75) is 24.1 Å². The van der Waals surface area contributed by atoms with Gasteiger partial charge < -0.3 is 10.2 Å². The van der Waals surface area contributed by atoms with E-state index in [-0.39, 0.29) is 22.0 Å². The highest BCUT2D eigenvalue weighted by Crippen LogP contribution is 2.19. The number of nitrogens with one attached hydrogen (secondary N) is 2. The largest absolute Gasteiger partial charge is 0.301 e. The Balaban J connectivity index is 1.80. The van der Waals surface area contributed by atoms with Gasteiger partial charge in [0.1, 0.15) is 0 Å². The van der Waals surface area contributed by atoms with Crippen LogP contribution in [0, 0.1) is 0 Å². The van der Waals surface area contributed by atoms with Crippen LogP contribution in [0.5, 0.6) is 0 Å². The Morgan fingerprint density at radius 1 is 1.38 bits per heavy atom. The SMILES string of the molecule is CC(=O)Nc1nnc(S(=O)(=O)NOCCN2CCCC2)s1. The molecule has 0 radical (unpaired) electrons. The second kappa shape index (κ2) is 7.22. The van der Waals surface area contributed by atoms with Gasteiger partial charge in [0, 0.05) is 13.5 Å². The maximum Gasteiger partial charge on any atom is 0.291 e. The lowest BCUT2D eigenvalue weighted by Crippen LogP contribution is -2.30. The van der Waals surface area contributed by atoms with E-state index in [1.54, 1.807) is 0 Å². The summed E-state index contributed by atoms with van der Waals surface area (Å²) in [6, 6.07) is 0. The predicted octanol–water partition coefficient (Wildman–Crippen LogP) is -0.198. The van der Waals surface area contributed by atoms with Crippen LogP contribution < -0.4 is 10.2 Å². The van der Waals surface area contributed by atoms with Gasteiger partial charge in [0.15, 0.2) is 0 Å². The van der Waals surface area contributed by atoms with Gasteiger partial charge in [0.05, 0.1) is 6.61 Å². The highest BCUT2D eigenvalue weighted by molar-refractivity contribution is 7.91. The van der Waals surface area contributed by atoms with Crippen molar-refractivity contribution in [1.82, 2.24) is 20.0 Å². The molecule has 1 fully saturated rings. The normalized spacial score (nSPS) is 16.2. The van der Waals surface area contributed by atoms with Crippen LogP contribution in [0.4, 0.5) is 5.13 Å². The molecule has 2 rings (SSSR count). The number of aromatic nitrogens is 2. The molecule has 0 saturated carbocycles. The van der Waals surface area contributed by atoms with Crippen molar-refractivity contribution in [3.05, 3.63) is 0 Å². The van der Waals surface area contributed by atoms with Crippen LogP contribution in [0.15, 0.2) is 4.34 Å². The molecule has 2 heterocycles. The van der Waals surface area contributed by atoms with Gasteiger partial charge in [-0.15, -0.1) is 10.2 Å². The quantitative estimate of drug-likeness (QED) is 0.403. The van der Waals surface area contributed by atoms with Gasteiger partial charge in [-0.05, 0) is 25.9 Å². The molecule has 0 atom stereocenters. The van der Waals surface area contributed by atoms with Crippen molar-refractivity contribution in [3.63, 3.8) is 0 Å². The topological polar surface area (TPSA) is 114 Å². The van der Waals surface area contributed by atoms with Crippen LogP contribution in [-0.4, -0.2) is 55.7 Å². The van der Waals surface area contributed by atoms with Crippen molar-refractivity contribution >= 4 is 32.4 Å². The lowest BCUT2D eigenvalue weighted by Gasteiger charge is -2.13. The van der Waals surface area contributed by atoms with E-state index >= 15 is 0 Å². The van der Waals surface area contributed by atoms with Crippen molar-refractivity contribution in [2.24, 2.45) is 0 Å². The smallest absolute Gasteiger partial charge is 0.291 e. The highest BCUT2D eigenvalue weighted by Gasteiger charge is 2.21. The summed E-state index contributed by atoms with van der Waals surface area (Å²) in [5.74, 6) is -0.343. The van der Waals surface area contributed by atoms with Crippen LogP contribution in [0.2, 0.25) is 0 Å². The van der Waals surface area contributed by atoms with E-state index in [2.05, 4.69) is 20.4 Å². The van der Waals surface area contributed by atoms with E-state index in [1.807, 2.05) is 4.89 Å². The highest BCUT2D eigenvalue weighted by atomic mass is 32.2.